The molecule has 0 aliphatic carbocycles. The van der Waals surface area contributed by atoms with E-state index in [1.165, 1.54) is 0 Å². The number of furan rings is 1. The van der Waals surface area contributed by atoms with E-state index in [4.69, 9.17) is 9.15 Å². The van der Waals surface area contributed by atoms with Crippen LogP contribution in [-0.2, 0) is 4.79 Å². The van der Waals surface area contributed by atoms with Crippen LogP contribution in [0.4, 0.5) is 5.69 Å². The van der Waals surface area contributed by atoms with Crippen LogP contribution in [0.5, 0.6) is 5.75 Å². The van der Waals surface area contributed by atoms with Crippen molar-refractivity contribution in [1.29, 1.82) is 0 Å². The molecule has 0 saturated heterocycles. The van der Waals surface area contributed by atoms with Crippen molar-refractivity contribution in [3.63, 3.8) is 0 Å². The van der Waals surface area contributed by atoms with Crippen LogP contribution in [0.2, 0.25) is 0 Å². The van der Waals surface area contributed by atoms with Crippen LogP contribution >= 0.6 is 0 Å². The lowest BCUT2D eigenvalue weighted by atomic mass is 10.2. The number of hydrogen-bond donors (Lipinski definition) is 2. The Morgan fingerprint density at radius 2 is 2.14 bits per heavy atom. The van der Waals surface area contributed by atoms with Gasteiger partial charge in [0.1, 0.15) is 17.2 Å². The topological polar surface area (TPSA) is 100 Å². The molecule has 4 rings (SSSR count). The van der Waals surface area contributed by atoms with Gasteiger partial charge >= 0.3 is 0 Å². The fourth-order valence-corrected chi connectivity index (χ4v) is 3.07. The number of para-hydroxylation sites is 2. The Hall–Kier alpha value is -3.55. The summed E-state index contributed by atoms with van der Waals surface area (Å²) in [6, 6.07) is 12.7. The molecule has 0 unspecified atom stereocenters. The monoisotopic (exact) mass is 380 g/mol. The van der Waals surface area contributed by atoms with E-state index in [1.54, 1.807) is 11.0 Å². The number of ether oxygens (including phenoxy) is 1. The fraction of sp³-hybridized carbons (Fsp3) is 0.250. The summed E-state index contributed by atoms with van der Waals surface area (Å²) in [5, 5.41) is 9.66. The van der Waals surface area contributed by atoms with Gasteiger partial charge in [-0.2, -0.15) is 5.10 Å². The van der Waals surface area contributed by atoms with E-state index < -0.39 is 0 Å². The SMILES string of the molecule is Cc1ccc(-c2cc(C(=O)NCCCN3C(=O)COc4ccccc43)n[nH]2)o1. The molecule has 0 spiro atoms. The van der Waals surface area contributed by atoms with Crippen molar-refractivity contribution >= 4 is 17.5 Å². The van der Waals surface area contributed by atoms with E-state index in [1.807, 2.05) is 43.3 Å². The third-order valence-electron chi connectivity index (χ3n) is 4.47. The Morgan fingerprint density at radius 3 is 2.96 bits per heavy atom. The van der Waals surface area contributed by atoms with Gasteiger partial charge in [-0.3, -0.25) is 14.7 Å². The molecular formula is C20H20N4O4. The first-order valence-electron chi connectivity index (χ1n) is 9.04. The standard InChI is InChI=1S/C20H20N4O4/c1-13-7-8-17(28-13)14-11-15(23-22-14)20(26)21-9-4-10-24-16-5-2-3-6-18(16)27-12-19(24)25/h2-3,5-8,11H,4,9-10,12H2,1H3,(H,21,26)(H,22,23). The van der Waals surface area contributed by atoms with E-state index in [2.05, 4.69) is 15.5 Å². The number of amides is 2. The molecule has 1 aliphatic rings. The van der Waals surface area contributed by atoms with Crippen molar-refractivity contribution in [1.82, 2.24) is 15.5 Å². The van der Waals surface area contributed by atoms with Crippen LogP contribution in [-0.4, -0.2) is 41.7 Å². The molecule has 0 fully saturated rings. The fourth-order valence-electron chi connectivity index (χ4n) is 3.07. The number of fused-ring (bicyclic) bond motifs is 1. The van der Waals surface area contributed by atoms with E-state index in [-0.39, 0.29) is 24.1 Å². The second kappa shape index (κ2) is 7.59. The predicted octanol–water partition coefficient (Wildman–Crippen LogP) is 2.52. The van der Waals surface area contributed by atoms with Crippen molar-refractivity contribution in [2.45, 2.75) is 13.3 Å². The van der Waals surface area contributed by atoms with Crippen LogP contribution in [0.3, 0.4) is 0 Å². The van der Waals surface area contributed by atoms with Crippen molar-refractivity contribution in [2.24, 2.45) is 0 Å². The van der Waals surface area contributed by atoms with Crippen molar-refractivity contribution < 1.29 is 18.7 Å². The zero-order chi connectivity index (χ0) is 19.5. The van der Waals surface area contributed by atoms with Gasteiger partial charge in [0, 0.05) is 19.2 Å². The normalized spacial score (nSPS) is 13.2. The van der Waals surface area contributed by atoms with Crippen LogP contribution in [0, 0.1) is 6.92 Å². The lowest BCUT2D eigenvalue weighted by Gasteiger charge is -2.29. The average molecular weight is 380 g/mol. The molecule has 0 radical (unpaired) electrons. The Balaban J connectivity index is 1.31. The molecule has 1 aliphatic heterocycles. The molecule has 144 valence electrons. The predicted molar refractivity (Wildman–Crippen MR) is 102 cm³/mol. The summed E-state index contributed by atoms with van der Waals surface area (Å²) >= 11 is 0. The van der Waals surface area contributed by atoms with Crippen molar-refractivity contribution in [3.8, 4) is 17.2 Å². The van der Waals surface area contributed by atoms with E-state index in [0.29, 0.717) is 36.7 Å². The van der Waals surface area contributed by atoms with Gasteiger partial charge in [0.15, 0.2) is 18.1 Å². The number of H-pyrrole nitrogens is 1. The van der Waals surface area contributed by atoms with Crippen LogP contribution in [0.25, 0.3) is 11.5 Å². The number of aryl methyl sites for hydroxylation is 1. The highest BCUT2D eigenvalue weighted by molar-refractivity contribution is 5.97. The molecule has 2 aromatic heterocycles. The molecule has 2 amide bonds. The summed E-state index contributed by atoms with van der Waals surface area (Å²) in [4.78, 5) is 26.1. The first-order chi connectivity index (χ1) is 13.6. The van der Waals surface area contributed by atoms with Gasteiger partial charge in [-0.25, -0.2) is 0 Å². The number of aromatic nitrogens is 2. The summed E-state index contributed by atoms with van der Waals surface area (Å²) in [5.41, 5.74) is 1.70. The second-order valence-corrected chi connectivity index (χ2v) is 6.49. The van der Waals surface area contributed by atoms with Gasteiger partial charge in [-0.05, 0) is 37.6 Å². The van der Waals surface area contributed by atoms with E-state index >= 15 is 0 Å². The van der Waals surface area contributed by atoms with Gasteiger partial charge in [0.2, 0.25) is 0 Å². The Bertz CT molecular complexity index is 1010. The molecule has 8 heteroatoms. The number of aromatic amines is 1. The maximum atomic E-state index is 12.3. The summed E-state index contributed by atoms with van der Waals surface area (Å²) < 4.78 is 10.9. The van der Waals surface area contributed by atoms with E-state index in [0.717, 1.165) is 11.4 Å². The average Bonchev–Trinajstić information content (AvgIpc) is 3.35. The lowest BCUT2D eigenvalue weighted by Crippen LogP contribution is -2.40. The number of benzene rings is 1. The van der Waals surface area contributed by atoms with Gasteiger partial charge in [0.05, 0.1) is 5.69 Å². The van der Waals surface area contributed by atoms with Gasteiger partial charge in [0.25, 0.3) is 11.8 Å². The summed E-state index contributed by atoms with van der Waals surface area (Å²) in [6.45, 7) is 2.81. The number of nitrogens with one attached hydrogen (secondary N) is 2. The molecule has 0 bridgehead atoms. The largest absolute Gasteiger partial charge is 0.482 e. The van der Waals surface area contributed by atoms with E-state index in [9.17, 15) is 9.59 Å². The summed E-state index contributed by atoms with van der Waals surface area (Å²) in [6.07, 6.45) is 0.612. The lowest BCUT2D eigenvalue weighted by molar-refractivity contribution is -0.121. The summed E-state index contributed by atoms with van der Waals surface area (Å²) in [7, 11) is 0. The highest BCUT2D eigenvalue weighted by Gasteiger charge is 2.24. The molecule has 1 aromatic carbocycles. The molecule has 0 atom stereocenters. The smallest absolute Gasteiger partial charge is 0.271 e. The highest BCUT2D eigenvalue weighted by Crippen LogP contribution is 2.31. The zero-order valence-electron chi connectivity index (χ0n) is 15.4. The highest BCUT2D eigenvalue weighted by atomic mass is 16.5. The Labute approximate surface area is 161 Å². The van der Waals surface area contributed by atoms with Gasteiger partial charge < -0.3 is 19.4 Å². The maximum Gasteiger partial charge on any atom is 0.271 e. The first-order valence-corrected chi connectivity index (χ1v) is 9.04. The minimum absolute atomic E-state index is 0.0334. The number of carbonyl (C=O) groups excluding carboxylic acids is 2. The van der Waals surface area contributed by atoms with Crippen LogP contribution < -0.4 is 15.0 Å². The minimum Gasteiger partial charge on any atom is -0.482 e. The number of nitrogens with zero attached hydrogens (tertiary/aromatic N) is 2. The molecule has 0 saturated carbocycles. The summed E-state index contributed by atoms with van der Waals surface area (Å²) in [5.74, 6) is 1.75. The zero-order valence-corrected chi connectivity index (χ0v) is 15.4. The third-order valence-corrected chi connectivity index (χ3v) is 4.47. The Kier molecular flexibility index (Phi) is 4.84. The molecule has 2 N–H and O–H groups in total. The van der Waals surface area contributed by atoms with Crippen molar-refractivity contribution in [2.75, 3.05) is 24.6 Å². The van der Waals surface area contributed by atoms with Crippen LogP contribution in [0.1, 0.15) is 22.7 Å². The third kappa shape index (κ3) is 3.62. The Morgan fingerprint density at radius 1 is 1.29 bits per heavy atom. The quantitative estimate of drug-likeness (QED) is 0.640. The maximum absolute atomic E-state index is 12.3. The van der Waals surface area contributed by atoms with Gasteiger partial charge in [-0.1, -0.05) is 12.1 Å². The van der Waals surface area contributed by atoms with Gasteiger partial charge in [-0.15, -0.1) is 0 Å². The number of rotatable bonds is 6. The molecule has 3 heterocycles. The second-order valence-electron chi connectivity index (χ2n) is 6.49. The van der Waals surface area contributed by atoms with Crippen molar-refractivity contribution in [3.05, 3.63) is 53.9 Å². The number of anilines is 1. The number of carbonyl (C=O) groups is 2. The molecule has 8 nitrogen and oxygen atoms in total. The molecule has 28 heavy (non-hydrogen) atoms. The number of hydrogen-bond acceptors (Lipinski definition) is 5. The first kappa shape index (κ1) is 17.8. The minimum atomic E-state index is -0.278. The molecule has 3 aromatic rings. The van der Waals surface area contributed by atoms with Crippen LogP contribution in [0.15, 0.2) is 46.9 Å². The molecular weight excluding hydrogens is 360 g/mol.